The third kappa shape index (κ3) is 2.16. The van der Waals surface area contributed by atoms with E-state index >= 15 is 0 Å². The Morgan fingerprint density at radius 1 is 1.15 bits per heavy atom. The van der Waals surface area contributed by atoms with Gasteiger partial charge in [-0.2, -0.15) is 0 Å². The van der Waals surface area contributed by atoms with Crippen molar-refractivity contribution in [1.82, 2.24) is 0 Å². The molecule has 1 aliphatic heterocycles. The van der Waals surface area contributed by atoms with Crippen molar-refractivity contribution in [3.63, 3.8) is 0 Å². The van der Waals surface area contributed by atoms with Crippen LogP contribution < -0.4 is 5.32 Å². The van der Waals surface area contributed by atoms with Crippen LogP contribution in [0, 0.1) is 6.92 Å². The smallest absolute Gasteiger partial charge is 0.335 e. The molecule has 0 fully saturated rings. The first-order valence-electron chi connectivity index (χ1n) is 6.02. The lowest BCUT2D eigenvalue weighted by Crippen LogP contribution is -2.12. The minimum atomic E-state index is -1.01. The molecule has 0 saturated carbocycles. The van der Waals surface area contributed by atoms with Crippen LogP contribution in [0.3, 0.4) is 0 Å². The summed E-state index contributed by atoms with van der Waals surface area (Å²) in [7, 11) is 0. The fourth-order valence-corrected chi connectivity index (χ4v) is 3.17. The van der Waals surface area contributed by atoms with Gasteiger partial charge in [0.05, 0.1) is 16.8 Å². The van der Waals surface area contributed by atoms with Gasteiger partial charge < -0.3 is 10.4 Å². The Morgan fingerprint density at radius 2 is 1.95 bits per heavy atom. The molecule has 0 bridgehead atoms. The average Bonchev–Trinajstić information content (AvgIpc) is 2.53. The van der Waals surface area contributed by atoms with Gasteiger partial charge in [-0.1, -0.05) is 17.8 Å². The van der Waals surface area contributed by atoms with Crippen molar-refractivity contribution in [2.24, 2.45) is 0 Å². The molecule has 0 aromatic heterocycles. The third-order valence-corrected chi connectivity index (χ3v) is 4.21. The highest BCUT2D eigenvalue weighted by atomic mass is 32.2. The van der Waals surface area contributed by atoms with E-state index in [1.807, 2.05) is 19.1 Å². The monoisotopic (exact) mass is 285 g/mol. The van der Waals surface area contributed by atoms with E-state index in [1.54, 1.807) is 18.2 Å². The summed E-state index contributed by atoms with van der Waals surface area (Å²) in [5.74, 6) is -1.22. The second-order valence-electron chi connectivity index (χ2n) is 4.57. The van der Waals surface area contributed by atoms with Crippen molar-refractivity contribution in [1.29, 1.82) is 0 Å². The molecule has 1 amide bonds. The predicted octanol–water partition coefficient (Wildman–Crippen LogP) is 3.41. The number of rotatable bonds is 1. The lowest BCUT2D eigenvalue weighted by Gasteiger charge is -2.06. The fraction of sp³-hybridized carbons (Fsp3) is 0.0667. The summed E-state index contributed by atoms with van der Waals surface area (Å²) in [6.45, 7) is 1.97. The van der Waals surface area contributed by atoms with E-state index in [2.05, 4.69) is 5.32 Å². The topological polar surface area (TPSA) is 66.4 Å². The molecule has 100 valence electrons. The second-order valence-corrected chi connectivity index (χ2v) is 5.66. The number of hydrogen-bond donors (Lipinski definition) is 2. The van der Waals surface area contributed by atoms with Crippen molar-refractivity contribution in [3.05, 3.63) is 53.1 Å². The molecule has 1 aliphatic rings. The van der Waals surface area contributed by atoms with E-state index in [1.165, 1.54) is 17.8 Å². The Hall–Kier alpha value is -2.27. The van der Waals surface area contributed by atoms with E-state index in [4.69, 9.17) is 5.11 Å². The van der Waals surface area contributed by atoms with Crippen LogP contribution in [-0.2, 0) is 0 Å². The number of carbonyl (C=O) groups is 2. The number of fused-ring (bicyclic) bond motifs is 2. The van der Waals surface area contributed by atoms with E-state index in [0.29, 0.717) is 11.3 Å². The Balaban J connectivity index is 2.12. The zero-order chi connectivity index (χ0) is 14.3. The molecule has 2 aromatic rings. The highest BCUT2D eigenvalue weighted by molar-refractivity contribution is 7.99. The summed E-state index contributed by atoms with van der Waals surface area (Å²) >= 11 is 1.47. The summed E-state index contributed by atoms with van der Waals surface area (Å²) in [5, 5.41) is 11.8. The van der Waals surface area contributed by atoms with Gasteiger partial charge in [-0.25, -0.2) is 4.79 Å². The Labute approximate surface area is 119 Å². The number of aryl methyl sites for hydroxylation is 1. The molecular weight excluding hydrogens is 274 g/mol. The first-order chi connectivity index (χ1) is 9.54. The molecule has 0 radical (unpaired) electrons. The summed E-state index contributed by atoms with van der Waals surface area (Å²) in [4.78, 5) is 24.9. The number of hydrogen-bond acceptors (Lipinski definition) is 3. The minimum absolute atomic E-state index is 0.159. The Kier molecular flexibility index (Phi) is 2.99. The lowest BCUT2D eigenvalue weighted by atomic mass is 10.1. The van der Waals surface area contributed by atoms with E-state index in [9.17, 15) is 9.59 Å². The number of anilines is 1. The molecule has 0 spiro atoms. The van der Waals surface area contributed by atoms with Crippen LogP contribution in [0.2, 0.25) is 0 Å². The quantitative estimate of drug-likeness (QED) is 0.842. The van der Waals surface area contributed by atoms with Crippen LogP contribution in [0.4, 0.5) is 5.69 Å². The second kappa shape index (κ2) is 4.68. The molecule has 0 aliphatic carbocycles. The molecule has 20 heavy (non-hydrogen) atoms. The molecule has 1 heterocycles. The lowest BCUT2D eigenvalue weighted by molar-refractivity contribution is 0.0696. The molecular formula is C15H11NO3S. The third-order valence-electron chi connectivity index (χ3n) is 3.08. The minimum Gasteiger partial charge on any atom is -0.478 e. The van der Waals surface area contributed by atoms with Gasteiger partial charge in [0.25, 0.3) is 5.91 Å². The largest absolute Gasteiger partial charge is 0.478 e. The van der Waals surface area contributed by atoms with Gasteiger partial charge in [0, 0.05) is 9.79 Å². The summed E-state index contributed by atoms with van der Waals surface area (Å²) < 4.78 is 0. The number of carboxylic acid groups (broad SMARTS) is 1. The van der Waals surface area contributed by atoms with E-state index < -0.39 is 5.97 Å². The zero-order valence-corrected chi connectivity index (χ0v) is 11.5. The number of amides is 1. The van der Waals surface area contributed by atoms with E-state index in [-0.39, 0.29) is 11.5 Å². The molecule has 5 heteroatoms. The maximum Gasteiger partial charge on any atom is 0.335 e. The molecule has 2 N–H and O–H groups in total. The molecule has 0 unspecified atom stereocenters. The molecule has 0 atom stereocenters. The SMILES string of the molecule is Cc1ccc2c(c1)Sc1ccc(C(=O)O)cc1NC2=O. The molecule has 2 aromatic carbocycles. The number of aromatic carboxylic acids is 1. The molecule has 0 saturated heterocycles. The highest BCUT2D eigenvalue weighted by Crippen LogP contribution is 2.39. The summed E-state index contributed by atoms with van der Waals surface area (Å²) in [5.41, 5.74) is 2.38. The maximum atomic E-state index is 12.2. The number of benzene rings is 2. The van der Waals surface area contributed by atoms with Crippen LogP contribution >= 0.6 is 11.8 Å². The first kappa shape index (κ1) is 12.7. The first-order valence-corrected chi connectivity index (χ1v) is 6.83. The van der Waals surface area contributed by atoms with Gasteiger partial charge in [0.2, 0.25) is 0 Å². The van der Waals surface area contributed by atoms with Crippen LogP contribution in [-0.4, -0.2) is 17.0 Å². The molecule has 4 nitrogen and oxygen atoms in total. The van der Waals surface area contributed by atoms with Crippen molar-refractivity contribution >= 4 is 29.3 Å². The summed E-state index contributed by atoms with van der Waals surface area (Å²) in [6, 6.07) is 10.4. The van der Waals surface area contributed by atoms with Gasteiger partial charge in [-0.05, 0) is 42.8 Å². The van der Waals surface area contributed by atoms with Crippen molar-refractivity contribution in [2.75, 3.05) is 5.32 Å². The Bertz CT molecular complexity index is 740. The number of nitrogens with one attached hydrogen (secondary N) is 1. The summed E-state index contributed by atoms with van der Waals surface area (Å²) in [6.07, 6.45) is 0. The maximum absolute atomic E-state index is 12.2. The van der Waals surface area contributed by atoms with Crippen molar-refractivity contribution < 1.29 is 14.7 Å². The van der Waals surface area contributed by atoms with Gasteiger partial charge in [0.1, 0.15) is 0 Å². The van der Waals surface area contributed by atoms with E-state index in [0.717, 1.165) is 15.4 Å². The van der Waals surface area contributed by atoms with Gasteiger partial charge in [-0.3, -0.25) is 4.79 Å². The normalized spacial score (nSPS) is 12.9. The van der Waals surface area contributed by atoms with Gasteiger partial charge in [-0.15, -0.1) is 0 Å². The van der Waals surface area contributed by atoms with Crippen LogP contribution in [0.25, 0.3) is 0 Å². The number of carbonyl (C=O) groups excluding carboxylic acids is 1. The fourth-order valence-electron chi connectivity index (χ4n) is 2.06. The molecule has 3 rings (SSSR count). The van der Waals surface area contributed by atoms with Crippen LogP contribution in [0.5, 0.6) is 0 Å². The number of carboxylic acids is 1. The average molecular weight is 285 g/mol. The van der Waals surface area contributed by atoms with Gasteiger partial charge >= 0.3 is 5.97 Å². The zero-order valence-electron chi connectivity index (χ0n) is 10.6. The predicted molar refractivity (Wildman–Crippen MR) is 76.7 cm³/mol. The Morgan fingerprint density at radius 3 is 2.70 bits per heavy atom. The van der Waals surface area contributed by atoms with Gasteiger partial charge in [0.15, 0.2) is 0 Å². The van der Waals surface area contributed by atoms with Crippen LogP contribution in [0.15, 0.2) is 46.2 Å². The highest BCUT2D eigenvalue weighted by Gasteiger charge is 2.20. The van der Waals surface area contributed by atoms with Crippen molar-refractivity contribution in [2.45, 2.75) is 16.7 Å². The van der Waals surface area contributed by atoms with Crippen molar-refractivity contribution in [3.8, 4) is 0 Å². The standard InChI is InChI=1S/C15H11NO3S/c1-8-2-4-10-13(6-8)20-12-5-3-9(15(18)19)7-11(12)16-14(10)17/h2-7H,1H3,(H,16,17)(H,18,19). The van der Waals surface area contributed by atoms with Crippen LogP contribution in [0.1, 0.15) is 26.3 Å².